The van der Waals surface area contributed by atoms with Crippen LogP contribution in [0.1, 0.15) is 36.0 Å². The Balaban J connectivity index is 1.75. The Morgan fingerprint density at radius 1 is 0.875 bits per heavy atom. The average molecular weight is 424 g/mol. The maximum absolute atomic E-state index is 14.1. The fraction of sp³-hybridized carbons (Fsp3) is 0.259. The van der Waals surface area contributed by atoms with E-state index in [1.165, 1.54) is 4.90 Å². The molecule has 2 amide bonds. The lowest BCUT2D eigenvalue weighted by atomic mass is 9.66. The van der Waals surface area contributed by atoms with Crippen LogP contribution in [0, 0.1) is 20.4 Å². The normalized spacial score (nSPS) is 21.5. The monoisotopic (exact) mass is 423 g/mol. The molecule has 2 aliphatic rings. The molecule has 3 aromatic carbocycles. The van der Waals surface area contributed by atoms with Crippen LogP contribution in [0.2, 0.25) is 0 Å². The van der Waals surface area contributed by atoms with Crippen molar-refractivity contribution in [2.24, 2.45) is 0 Å². The Hall–Kier alpha value is -3.62. The molecule has 5 heteroatoms. The molecule has 3 aromatic rings. The number of aryl methyl sites for hydroxylation is 2. The van der Waals surface area contributed by atoms with E-state index < -0.39 is 11.3 Å². The van der Waals surface area contributed by atoms with E-state index in [4.69, 9.17) is 6.57 Å². The van der Waals surface area contributed by atoms with Gasteiger partial charge < -0.3 is 5.11 Å². The Kier molecular flexibility index (Phi) is 4.58. The first kappa shape index (κ1) is 20.3. The number of benzene rings is 3. The van der Waals surface area contributed by atoms with Crippen LogP contribution in [-0.2, 0) is 5.72 Å². The van der Waals surface area contributed by atoms with E-state index in [1.54, 1.807) is 29.2 Å². The van der Waals surface area contributed by atoms with Crippen molar-refractivity contribution < 1.29 is 9.90 Å². The van der Waals surface area contributed by atoms with Crippen LogP contribution in [0.15, 0.2) is 72.8 Å². The van der Waals surface area contributed by atoms with Gasteiger partial charge in [0, 0.05) is 16.9 Å². The third-order valence-electron chi connectivity index (χ3n) is 6.91. The van der Waals surface area contributed by atoms with Crippen molar-refractivity contribution in [3.63, 3.8) is 0 Å². The van der Waals surface area contributed by atoms with Gasteiger partial charge in [-0.3, -0.25) is 9.80 Å². The highest BCUT2D eigenvalue weighted by atomic mass is 16.3. The lowest BCUT2D eigenvalue weighted by Gasteiger charge is -2.52. The van der Waals surface area contributed by atoms with Crippen LogP contribution >= 0.6 is 0 Å². The lowest BCUT2D eigenvalue weighted by Crippen LogP contribution is -2.63. The molecule has 0 bridgehead atoms. The zero-order valence-electron chi connectivity index (χ0n) is 18.2. The molecule has 2 fully saturated rings. The first-order valence-electron chi connectivity index (χ1n) is 10.9. The minimum Gasteiger partial charge on any atom is -0.364 e. The van der Waals surface area contributed by atoms with E-state index in [0.29, 0.717) is 29.8 Å². The standard InChI is InChI=1S/C27H25N3O2/c1-19-8-12-23(13-9-19)29-25(31)30(24-14-10-22(28-3)11-15-24)27(32,26(29)16-5-17-26)21-7-4-6-20(2)18-21/h4,6-15,18,32H,5,16-17H2,1-2H3. The summed E-state index contributed by atoms with van der Waals surface area (Å²) in [6.45, 7) is 11.3. The zero-order valence-corrected chi connectivity index (χ0v) is 18.2. The Morgan fingerprint density at radius 2 is 1.50 bits per heavy atom. The van der Waals surface area contributed by atoms with E-state index >= 15 is 0 Å². The van der Waals surface area contributed by atoms with Crippen molar-refractivity contribution in [1.82, 2.24) is 0 Å². The van der Waals surface area contributed by atoms with Crippen LogP contribution in [-0.4, -0.2) is 16.7 Å². The molecule has 5 nitrogen and oxygen atoms in total. The fourth-order valence-electron chi connectivity index (χ4n) is 5.15. The quantitative estimate of drug-likeness (QED) is 0.520. The molecule has 1 aliphatic heterocycles. The summed E-state index contributed by atoms with van der Waals surface area (Å²) >= 11 is 0. The Labute approximate surface area is 188 Å². The molecule has 0 aromatic heterocycles. The average Bonchev–Trinajstić information content (AvgIpc) is 2.99. The highest BCUT2D eigenvalue weighted by Crippen LogP contribution is 2.59. The summed E-state index contributed by atoms with van der Waals surface area (Å²) in [6.07, 6.45) is 2.34. The van der Waals surface area contributed by atoms with Gasteiger partial charge in [-0.25, -0.2) is 9.64 Å². The molecule has 1 heterocycles. The van der Waals surface area contributed by atoms with Crippen LogP contribution in [0.5, 0.6) is 0 Å². The summed E-state index contributed by atoms with van der Waals surface area (Å²) in [5.41, 5.74) is 2.38. The number of hydrogen-bond donors (Lipinski definition) is 1. The molecule has 1 spiro atoms. The van der Waals surface area contributed by atoms with Crippen LogP contribution in [0.4, 0.5) is 21.9 Å². The second-order valence-electron chi connectivity index (χ2n) is 8.84. The molecule has 1 aliphatic carbocycles. The lowest BCUT2D eigenvalue weighted by molar-refractivity contribution is -0.0525. The van der Waals surface area contributed by atoms with Crippen molar-refractivity contribution in [1.29, 1.82) is 0 Å². The molecule has 1 saturated carbocycles. The van der Waals surface area contributed by atoms with Crippen LogP contribution in [0.3, 0.4) is 0 Å². The highest BCUT2D eigenvalue weighted by Gasteiger charge is 2.70. The van der Waals surface area contributed by atoms with E-state index in [2.05, 4.69) is 4.85 Å². The molecular formula is C27H25N3O2. The van der Waals surface area contributed by atoms with Gasteiger partial charge in [0.1, 0.15) is 5.54 Å². The summed E-state index contributed by atoms with van der Waals surface area (Å²) in [6, 6.07) is 22.3. The van der Waals surface area contributed by atoms with E-state index in [-0.39, 0.29) is 6.03 Å². The molecule has 1 atom stereocenters. The molecule has 1 N–H and O–H groups in total. The number of aliphatic hydroxyl groups is 1. The SMILES string of the molecule is [C-]#[N+]c1ccc(N2C(=O)N(c3ccc(C)cc3)C3(CCC3)C2(O)c2cccc(C)c2)cc1. The fourth-order valence-corrected chi connectivity index (χ4v) is 5.15. The minimum absolute atomic E-state index is 0.256. The number of rotatable bonds is 3. The minimum atomic E-state index is -1.54. The number of anilines is 2. The van der Waals surface area contributed by atoms with Gasteiger partial charge in [0.25, 0.3) is 0 Å². The van der Waals surface area contributed by atoms with Gasteiger partial charge >= 0.3 is 6.03 Å². The van der Waals surface area contributed by atoms with Gasteiger partial charge in [0.05, 0.1) is 6.57 Å². The van der Waals surface area contributed by atoms with Crippen molar-refractivity contribution >= 4 is 23.1 Å². The second-order valence-corrected chi connectivity index (χ2v) is 8.84. The predicted molar refractivity (Wildman–Crippen MR) is 126 cm³/mol. The van der Waals surface area contributed by atoms with E-state index in [9.17, 15) is 9.90 Å². The van der Waals surface area contributed by atoms with Crippen LogP contribution < -0.4 is 9.80 Å². The Bertz CT molecular complexity index is 1220. The van der Waals surface area contributed by atoms with Crippen molar-refractivity contribution in [3.8, 4) is 0 Å². The third kappa shape index (κ3) is 2.70. The number of amides is 2. The van der Waals surface area contributed by atoms with Crippen LogP contribution in [0.25, 0.3) is 4.85 Å². The molecular weight excluding hydrogens is 398 g/mol. The van der Waals surface area contributed by atoms with Crippen molar-refractivity contribution in [2.75, 3.05) is 9.80 Å². The molecule has 5 rings (SSSR count). The summed E-state index contributed by atoms with van der Waals surface area (Å²) in [7, 11) is 0. The first-order chi connectivity index (χ1) is 15.4. The van der Waals surface area contributed by atoms with E-state index in [0.717, 1.165) is 23.2 Å². The number of carbonyl (C=O) groups is 1. The largest absolute Gasteiger partial charge is 0.364 e. The summed E-state index contributed by atoms with van der Waals surface area (Å²) < 4.78 is 0. The molecule has 1 saturated heterocycles. The van der Waals surface area contributed by atoms with Gasteiger partial charge in [0.15, 0.2) is 11.4 Å². The number of carbonyl (C=O) groups excluding carboxylic acids is 1. The number of urea groups is 1. The summed E-state index contributed by atoms with van der Waals surface area (Å²) in [4.78, 5) is 20.8. The molecule has 32 heavy (non-hydrogen) atoms. The molecule has 160 valence electrons. The van der Waals surface area contributed by atoms with Gasteiger partial charge in [-0.15, -0.1) is 0 Å². The Morgan fingerprint density at radius 3 is 2.06 bits per heavy atom. The predicted octanol–water partition coefficient (Wildman–Crippen LogP) is 6.07. The third-order valence-corrected chi connectivity index (χ3v) is 6.91. The van der Waals surface area contributed by atoms with E-state index in [1.807, 2.05) is 62.4 Å². The topological polar surface area (TPSA) is 48.1 Å². The molecule has 1 unspecified atom stereocenters. The van der Waals surface area contributed by atoms with Crippen molar-refractivity contribution in [2.45, 2.75) is 44.4 Å². The van der Waals surface area contributed by atoms with Gasteiger partial charge in [-0.05, 0) is 57.4 Å². The number of nitrogens with zero attached hydrogens (tertiary/aromatic N) is 3. The van der Waals surface area contributed by atoms with Crippen molar-refractivity contribution in [3.05, 3.63) is 101 Å². The highest BCUT2D eigenvalue weighted by molar-refractivity contribution is 6.09. The maximum atomic E-state index is 14.1. The van der Waals surface area contributed by atoms with Gasteiger partial charge in [-0.1, -0.05) is 59.7 Å². The molecule has 0 radical (unpaired) electrons. The number of hydrogen-bond acceptors (Lipinski definition) is 2. The van der Waals surface area contributed by atoms with Gasteiger partial charge in [-0.2, -0.15) is 0 Å². The zero-order chi connectivity index (χ0) is 22.5. The summed E-state index contributed by atoms with van der Waals surface area (Å²) in [5, 5.41) is 12.6. The smallest absolute Gasteiger partial charge is 0.332 e. The van der Waals surface area contributed by atoms with Gasteiger partial charge in [0.2, 0.25) is 0 Å². The first-order valence-corrected chi connectivity index (χ1v) is 10.9. The summed E-state index contributed by atoms with van der Waals surface area (Å²) in [5.74, 6) is 0. The second kappa shape index (κ2) is 7.22. The maximum Gasteiger partial charge on any atom is 0.332 e.